The van der Waals surface area contributed by atoms with Gasteiger partial charge in [0.25, 0.3) is 0 Å². The molecule has 68 valence electrons. The fraction of sp³-hybridized carbons (Fsp3) is 0.714. The van der Waals surface area contributed by atoms with Crippen molar-refractivity contribution in [3.8, 4) is 0 Å². The monoisotopic (exact) mass is 171 g/mol. The molecule has 5 heteroatoms. The third-order valence-electron chi connectivity index (χ3n) is 1.96. The van der Waals surface area contributed by atoms with Crippen LogP contribution < -0.4 is 5.32 Å². The molecular weight excluding hydrogens is 158 g/mol. The van der Waals surface area contributed by atoms with Crippen molar-refractivity contribution in [1.82, 2.24) is 15.1 Å². The summed E-state index contributed by atoms with van der Waals surface area (Å²) in [5.74, 6) is 0. The van der Waals surface area contributed by atoms with Crippen LogP contribution in [-0.2, 0) is 4.79 Å². The molecule has 0 aromatic rings. The van der Waals surface area contributed by atoms with Crippen LogP contribution in [0.5, 0.6) is 0 Å². The summed E-state index contributed by atoms with van der Waals surface area (Å²) in [7, 11) is 1.61. The molecule has 0 spiro atoms. The van der Waals surface area contributed by atoms with Crippen LogP contribution in [0, 0.1) is 0 Å². The number of hydrogen-bond donors (Lipinski definition) is 1. The molecule has 1 aliphatic heterocycles. The Morgan fingerprint density at radius 2 is 1.92 bits per heavy atom. The van der Waals surface area contributed by atoms with Crippen molar-refractivity contribution >= 4 is 12.4 Å². The molecule has 0 aromatic carbocycles. The van der Waals surface area contributed by atoms with Crippen LogP contribution in [0.2, 0.25) is 0 Å². The zero-order valence-electron chi connectivity index (χ0n) is 7.12. The van der Waals surface area contributed by atoms with E-state index in [0.29, 0.717) is 26.2 Å². The van der Waals surface area contributed by atoms with Crippen LogP contribution in [-0.4, -0.2) is 55.5 Å². The van der Waals surface area contributed by atoms with Gasteiger partial charge in [-0.25, -0.2) is 4.79 Å². The summed E-state index contributed by atoms with van der Waals surface area (Å²) in [6.45, 7) is 2.52. The quantitative estimate of drug-likeness (QED) is 0.520. The van der Waals surface area contributed by atoms with E-state index in [-0.39, 0.29) is 6.03 Å². The van der Waals surface area contributed by atoms with E-state index in [4.69, 9.17) is 0 Å². The molecule has 0 atom stereocenters. The van der Waals surface area contributed by atoms with Crippen molar-refractivity contribution in [2.45, 2.75) is 0 Å². The number of rotatable bonds is 1. The van der Waals surface area contributed by atoms with Gasteiger partial charge in [-0.05, 0) is 0 Å². The number of nitrogens with zero attached hydrogens (tertiary/aromatic N) is 2. The first-order valence-corrected chi connectivity index (χ1v) is 3.94. The fourth-order valence-electron chi connectivity index (χ4n) is 1.19. The number of carbonyl (C=O) groups is 2. The molecule has 1 heterocycles. The van der Waals surface area contributed by atoms with E-state index in [1.165, 1.54) is 0 Å². The van der Waals surface area contributed by atoms with Crippen molar-refractivity contribution in [2.75, 3.05) is 33.2 Å². The Labute approximate surface area is 71.3 Å². The van der Waals surface area contributed by atoms with E-state index in [0.717, 1.165) is 6.41 Å². The molecule has 1 saturated heterocycles. The van der Waals surface area contributed by atoms with E-state index in [1.54, 1.807) is 16.8 Å². The number of piperazine rings is 1. The summed E-state index contributed by atoms with van der Waals surface area (Å²) in [6, 6.07) is -0.0689. The molecular formula is C7H13N3O2. The van der Waals surface area contributed by atoms with Crippen LogP contribution in [0.4, 0.5) is 4.79 Å². The highest BCUT2D eigenvalue weighted by atomic mass is 16.2. The van der Waals surface area contributed by atoms with Gasteiger partial charge in [0.2, 0.25) is 6.41 Å². The minimum Gasteiger partial charge on any atom is -0.342 e. The Morgan fingerprint density at radius 1 is 1.33 bits per heavy atom. The Balaban J connectivity index is 2.35. The SMILES string of the molecule is CNC(=O)N1CCN(C=O)CC1. The predicted octanol–water partition coefficient (Wildman–Crippen LogP) is -0.900. The standard InChI is InChI=1S/C7H13N3O2/c1-8-7(12)10-4-2-9(6-11)3-5-10/h6H,2-5H2,1H3,(H,8,12). The fourth-order valence-corrected chi connectivity index (χ4v) is 1.19. The Kier molecular flexibility index (Phi) is 2.90. The van der Waals surface area contributed by atoms with Gasteiger partial charge in [0, 0.05) is 33.2 Å². The average Bonchev–Trinajstić information content (AvgIpc) is 2.17. The highest BCUT2D eigenvalue weighted by Gasteiger charge is 2.18. The van der Waals surface area contributed by atoms with Gasteiger partial charge in [0.1, 0.15) is 0 Å². The Bertz CT molecular complexity index is 175. The van der Waals surface area contributed by atoms with Crippen molar-refractivity contribution < 1.29 is 9.59 Å². The highest BCUT2D eigenvalue weighted by molar-refractivity contribution is 5.74. The molecule has 0 aromatic heterocycles. The number of carbonyl (C=O) groups excluding carboxylic acids is 2. The van der Waals surface area contributed by atoms with Gasteiger partial charge in [0.15, 0.2) is 0 Å². The molecule has 12 heavy (non-hydrogen) atoms. The maximum absolute atomic E-state index is 11.1. The van der Waals surface area contributed by atoms with Crippen LogP contribution in [0.3, 0.4) is 0 Å². The van der Waals surface area contributed by atoms with Crippen molar-refractivity contribution in [2.24, 2.45) is 0 Å². The summed E-state index contributed by atoms with van der Waals surface area (Å²) in [4.78, 5) is 24.7. The predicted molar refractivity (Wildman–Crippen MR) is 43.7 cm³/mol. The molecule has 1 N–H and O–H groups in total. The Hall–Kier alpha value is -1.26. The lowest BCUT2D eigenvalue weighted by Crippen LogP contribution is -2.50. The second kappa shape index (κ2) is 3.94. The largest absolute Gasteiger partial charge is 0.342 e. The maximum atomic E-state index is 11.1. The number of urea groups is 1. The van der Waals surface area contributed by atoms with Crippen LogP contribution in [0.1, 0.15) is 0 Å². The smallest absolute Gasteiger partial charge is 0.317 e. The zero-order valence-corrected chi connectivity index (χ0v) is 7.12. The average molecular weight is 171 g/mol. The van der Waals surface area contributed by atoms with E-state index in [1.807, 2.05) is 0 Å². The van der Waals surface area contributed by atoms with E-state index < -0.39 is 0 Å². The molecule has 1 rings (SSSR count). The summed E-state index contributed by atoms with van der Waals surface area (Å²) in [6.07, 6.45) is 0.821. The summed E-state index contributed by atoms with van der Waals surface area (Å²) in [5, 5.41) is 2.55. The second-order valence-corrected chi connectivity index (χ2v) is 2.68. The molecule has 0 radical (unpaired) electrons. The van der Waals surface area contributed by atoms with E-state index in [2.05, 4.69) is 5.32 Å². The lowest BCUT2D eigenvalue weighted by atomic mass is 10.3. The molecule has 1 fully saturated rings. The zero-order chi connectivity index (χ0) is 8.97. The first-order chi connectivity index (χ1) is 5.77. The summed E-state index contributed by atoms with van der Waals surface area (Å²) < 4.78 is 0. The molecule has 3 amide bonds. The molecule has 0 bridgehead atoms. The molecule has 0 saturated carbocycles. The van der Waals surface area contributed by atoms with Gasteiger partial charge >= 0.3 is 6.03 Å². The van der Waals surface area contributed by atoms with Crippen molar-refractivity contribution in [3.05, 3.63) is 0 Å². The molecule has 1 aliphatic rings. The van der Waals surface area contributed by atoms with Gasteiger partial charge < -0.3 is 15.1 Å². The lowest BCUT2D eigenvalue weighted by molar-refractivity contribution is -0.119. The van der Waals surface area contributed by atoms with E-state index >= 15 is 0 Å². The third kappa shape index (κ3) is 1.87. The number of nitrogens with one attached hydrogen (secondary N) is 1. The van der Waals surface area contributed by atoms with Crippen LogP contribution in [0.25, 0.3) is 0 Å². The maximum Gasteiger partial charge on any atom is 0.317 e. The topological polar surface area (TPSA) is 52.7 Å². The van der Waals surface area contributed by atoms with Crippen LogP contribution >= 0.6 is 0 Å². The minimum absolute atomic E-state index is 0.0689. The van der Waals surface area contributed by atoms with E-state index in [9.17, 15) is 9.59 Å². The van der Waals surface area contributed by atoms with Crippen molar-refractivity contribution in [1.29, 1.82) is 0 Å². The van der Waals surface area contributed by atoms with Gasteiger partial charge in [-0.2, -0.15) is 0 Å². The third-order valence-corrected chi connectivity index (χ3v) is 1.96. The number of amides is 3. The normalized spacial score (nSPS) is 17.4. The van der Waals surface area contributed by atoms with Gasteiger partial charge in [-0.1, -0.05) is 0 Å². The molecule has 5 nitrogen and oxygen atoms in total. The summed E-state index contributed by atoms with van der Waals surface area (Å²) in [5.41, 5.74) is 0. The first-order valence-electron chi connectivity index (χ1n) is 3.94. The lowest BCUT2D eigenvalue weighted by Gasteiger charge is -2.32. The second-order valence-electron chi connectivity index (χ2n) is 2.68. The highest BCUT2D eigenvalue weighted by Crippen LogP contribution is 1.98. The van der Waals surface area contributed by atoms with Crippen molar-refractivity contribution in [3.63, 3.8) is 0 Å². The van der Waals surface area contributed by atoms with Crippen LogP contribution in [0.15, 0.2) is 0 Å². The van der Waals surface area contributed by atoms with Gasteiger partial charge in [0.05, 0.1) is 0 Å². The summed E-state index contributed by atoms with van der Waals surface area (Å²) >= 11 is 0. The van der Waals surface area contributed by atoms with Gasteiger partial charge in [-0.3, -0.25) is 4.79 Å². The minimum atomic E-state index is -0.0689. The molecule has 0 aliphatic carbocycles. The first kappa shape index (κ1) is 8.83. The number of hydrogen-bond acceptors (Lipinski definition) is 2. The Morgan fingerprint density at radius 3 is 2.33 bits per heavy atom. The molecule has 0 unspecified atom stereocenters. The van der Waals surface area contributed by atoms with Gasteiger partial charge in [-0.15, -0.1) is 0 Å².